The minimum Gasteiger partial charge on any atom is -0.481 e. The van der Waals surface area contributed by atoms with E-state index >= 15 is 0 Å². The highest BCUT2D eigenvalue weighted by Crippen LogP contribution is 2.41. The van der Waals surface area contributed by atoms with Gasteiger partial charge in [0, 0.05) is 106 Å². The molecular weight excluding hydrogens is 1700 g/mol. The molecule has 5 aliphatic carbocycles. The van der Waals surface area contributed by atoms with Gasteiger partial charge in [0.15, 0.2) is 34.9 Å². The zero-order valence-electron chi connectivity index (χ0n) is 78.4. The highest BCUT2D eigenvalue weighted by Gasteiger charge is 2.28. The molecule has 0 radical (unpaired) electrons. The van der Waals surface area contributed by atoms with E-state index in [1.165, 1.54) is 66.4 Å². The van der Waals surface area contributed by atoms with Gasteiger partial charge in [-0.25, -0.2) is 24.9 Å². The lowest BCUT2D eigenvalue weighted by atomic mass is 9.76. The molecule has 5 aromatic carbocycles. The first kappa shape index (κ1) is 102. The van der Waals surface area contributed by atoms with Gasteiger partial charge in [-0.1, -0.05) is 141 Å². The van der Waals surface area contributed by atoms with Crippen molar-refractivity contribution in [1.82, 2.24) is 49.8 Å². The standard InChI is InChI=1S/C23H29N3O2.C22H23N3O2.C22H24N2O4.C21H24N2O3.C21H26N2O3/c1-15-14-25-22(26-15)20(27)13-18-6-4-16(5-7-21(24)28)12-19(18)17-8-10-23(2,3)11-9-17;1-2-18-14-24-22(25-18)20(26)13-17-10-8-15(9-11-21(23)27)12-19(17)16-6-4-3-5-7-16;1-14(25)19-13-23-22(24-19)20(26)12-17-9-7-15(8-10-21(27)28)11-18(17)16-5-3-2-4-6-16;1-14-13-22-21(23-14)19(24)12-17-9-7-15(8-10-20(25)26)11-18(17)16-5-3-2-4-6-16;1-14-11-22-21(23-14)20(26)10-17-8-7-16(18(12-24)13-25)9-19(17)15-5-3-2-4-6-15/h4,6,8,12,14H,5,7,9-11,13H2,1-3H3,(H2,24,28)(H,25,26);1,6,8,10,12,14H,3-5,7,9,11,13H2,(H2,23,27)(H,24,25);5,7,9,11,13H,2-4,6,8,10,12H2,1H3,(H,23,24)(H,27,28);5,7,9,11,13H,2-4,6,8,10,12H2,1H3,(H,22,23)(H,25,26);5,7-9,11,18,24-25H,2-4,6,10,12-13H2,1H3,(H,22,23). The van der Waals surface area contributed by atoms with Crippen molar-refractivity contribution in [2.45, 2.75) is 253 Å². The van der Waals surface area contributed by atoms with Gasteiger partial charge in [-0.2, -0.15) is 0 Å². The topological polar surface area (TPSA) is 447 Å². The third-order valence-corrected chi connectivity index (χ3v) is 25.1. The summed E-state index contributed by atoms with van der Waals surface area (Å²) >= 11 is 0. The summed E-state index contributed by atoms with van der Waals surface area (Å²) in [6.45, 7) is 11.4. The fourth-order valence-electron chi connectivity index (χ4n) is 17.3. The van der Waals surface area contributed by atoms with Crippen molar-refractivity contribution in [2.24, 2.45) is 16.9 Å². The summed E-state index contributed by atoms with van der Waals surface area (Å²) in [7, 11) is 0. The van der Waals surface area contributed by atoms with Gasteiger partial charge in [-0.15, -0.1) is 6.42 Å². The number of rotatable bonds is 36. The smallest absolute Gasteiger partial charge is 0.303 e. The number of Topliss-reactive ketones (excluding diaryl/α,β-unsaturated/α-hetero) is 6. The first-order valence-corrected chi connectivity index (χ1v) is 47.0. The Balaban J connectivity index is 0.000000162. The molecule has 135 heavy (non-hydrogen) atoms. The molecule has 13 N–H and O–H groups in total. The van der Waals surface area contributed by atoms with Crippen molar-refractivity contribution in [1.29, 1.82) is 0 Å². The third kappa shape index (κ3) is 30.6. The summed E-state index contributed by atoms with van der Waals surface area (Å²) in [4.78, 5) is 154. The number of carboxylic acids is 2. The fraction of sp³-hybridized carbons (Fsp3) is 0.385. The van der Waals surface area contributed by atoms with E-state index in [9.17, 15) is 58.2 Å². The molecule has 5 heterocycles. The second kappa shape index (κ2) is 49.8. The Hall–Kier alpha value is -13.8. The zero-order valence-corrected chi connectivity index (χ0v) is 78.4. The van der Waals surface area contributed by atoms with E-state index in [1.807, 2.05) is 93.6 Å². The Kier molecular flexibility index (Phi) is 37.5. The molecule has 0 fully saturated rings. The second-order valence-corrected chi connectivity index (χ2v) is 36.4. The van der Waals surface area contributed by atoms with Crippen LogP contribution in [-0.2, 0) is 77.0 Å². The Morgan fingerprint density at radius 1 is 0.400 bits per heavy atom. The average Bonchev–Trinajstić information content (AvgIpc) is 1.77. The van der Waals surface area contributed by atoms with Gasteiger partial charge in [0.05, 0.1) is 25.6 Å². The Morgan fingerprint density at radius 2 is 0.711 bits per heavy atom. The zero-order chi connectivity index (χ0) is 96.7. The van der Waals surface area contributed by atoms with Crippen LogP contribution in [0.25, 0.3) is 27.9 Å². The van der Waals surface area contributed by atoms with Crippen LogP contribution in [-0.4, -0.2) is 142 Å². The van der Waals surface area contributed by atoms with Gasteiger partial charge in [0.1, 0.15) is 11.4 Å². The Labute approximate surface area is 788 Å². The minimum absolute atomic E-state index is 0.0176. The maximum atomic E-state index is 12.7. The van der Waals surface area contributed by atoms with E-state index < -0.39 is 11.9 Å². The summed E-state index contributed by atoms with van der Waals surface area (Å²) in [5, 5.41) is 36.9. The number of carboxylic acid groups (broad SMARTS) is 2. The van der Waals surface area contributed by atoms with Gasteiger partial charge < -0.3 is 56.8 Å². The summed E-state index contributed by atoms with van der Waals surface area (Å²) in [6, 6.07) is 29.9. The summed E-state index contributed by atoms with van der Waals surface area (Å²) in [6.07, 6.45) is 49.4. The monoisotopic (exact) mass is 1830 g/mol. The number of nitrogens with zero attached hydrogens (tertiary/aromatic N) is 5. The van der Waals surface area contributed by atoms with Gasteiger partial charge >= 0.3 is 11.9 Å². The van der Waals surface area contributed by atoms with Crippen LogP contribution in [0.3, 0.4) is 0 Å². The largest absolute Gasteiger partial charge is 0.481 e. The minimum atomic E-state index is -0.822. The summed E-state index contributed by atoms with van der Waals surface area (Å²) in [5.41, 5.74) is 35.8. The number of aryl methyl sites for hydroxylation is 7. The highest BCUT2D eigenvalue weighted by atomic mass is 16.4. The highest BCUT2D eigenvalue weighted by molar-refractivity contribution is 6.00. The van der Waals surface area contributed by atoms with E-state index in [1.54, 1.807) is 18.6 Å². The lowest BCUT2D eigenvalue weighted by Gasteiger charge is -2.29. The number of aromatic nitrogens is 10. The van der Waals surface area contributed by atoms with E-state index in [4.69, 9.17) is 28.1 Å². The molecule has 10 aromatic rings. The quantitative estimate of drug-likeness (QED) is 0.0128. The molecular formula is C109H126N12O14. The summed E-state index contributed by atoms with van der Waals surface area (Å²) in [5.74, 6) is 1.04. The number of terminal acetylenes is 1. The van der Waals surface area contributed by atoms with Crippen molar-refractivity contribution in [2.75, 3.05) is 13.2 Å². The lowest BCUT2D eigenvalue weighted by Crippen LogP contribution is -2.15. The molecule has 2 amide bonds. The van der Waals surface area contributed by atoms with Crippen molar-refractivity contribution >= 4 is 86.3 Å². The van der Waals surface area contributed by atoms with E-state index in [-0.39, 0.29) is 109 Å². The van der Waals surface area contributed by atoms with Crippen molar-refractivity contribution in [3.8, 4) is 12.3 Å². The number of aliphatic carboxylic acids is 2. The molecule has 15 rings (SSSR count). The molecule has 0 bridgehead atoms. The number of nitrogens with two attached hydrogens (primary N) is 2. The average molecular weight is 1830 g/mol. The molecule has 5 aliphatic rings. The number of primary amides is 2. The number of H-pyrrole nitrogens is 5. The molecule has 0 atom stereocenters. The number of hydrogen-bond donors (Lipinski definition) is 11. The van der Waals surface area contributed by atoms with E-state index in [0.29, 0.717) is 85.6 Å². The second-order valence-electron chi connectivity index (χ2n) is 36.4. The normalized spacial score (nSPS) is 14.4. The molecule has 26 heteroatoms. The van der Waals surface area contributed by atoms with Crippen LogP contribution < -0.4 is 11.5 Å². The molecule has 0 unspecified atom stereocenters. The number of aliphatic hydroxyl groups is 2. The number of nitrogens with one attached hydrogen (secondary N) is 5. The first-order chi connectivity index (χ1) is 64.9. The van der Waals surface area contributed by atoms with Crippen LogP contribution in [0.2, 0.25) is 0 Å². The third-order valence-electron chi connectivity index (χ3n) is 25.1. The molecule has 26 nitrogen and oxygen atoms in total. The van der Waals surface area contributed by atoms with Gasteiger partial charge in [0.2, 0.25) is 40.7 Å². The van der Waals surface area contributed by atoms with Crippen LogP contribution in [0.15, 0.2) is 152 Å². The number of ketones is 6. The van der Waals surface area contributed by atoms with Crippen LogP contribution in [0.1, 0.15) is 344 Å². The number of allylic oxidation sites excluding steroid dienone is 10. The van der Waals surface area contributed by atoms with Crippen molar-refractivity contribution in [3.05, 3.63) is 293 Å². The molecule has 5 aromatic heterocycles. The number of amides is 2. The Morgan fingerprint density at radius 3 is 0.985 bits per heavy atom. The van der Waals surface area contributed by atoms with Crippen LogP contribution in [0.5, 0.6) is 0 Å². The number of aliphatic hydroxyl groups excluding tert-OH is 2. The van der Waals surface area contributed by atoms with Crippen LogP contribution in [0, 0.1) is 38.5 Å². The maximum Gasteiger partial charge on any atom is 0.303 e. The van der Waals surface area contributed by atoms with E-state index in [2.05, 4.69) is 118 Å². The fourth-order valence-corrected chi connectivity index (χ4v) is 17.3. The van der Waals surface area contributed by atoms with Crippen molar-refractivity contribution in [3.63, 3.8) is 0 Å². The van der Waals surface area contributed by atoms with E-state index in [0.717, 1.165) is 203 Å². The predicted octanol–water partition coefficient (Wildman–Crippen LogP) is 18.6. The molecule has 0 saturated carbocycles. The van der Waals surface area contributed by atoms with Crippen LogP contribution in [0.4, 0.5) is 0 Å². The SMILES string of the molecule is C#Cc1cnc(C(=O)Cc2ccc(CCC(N)=O)cc2C2=CCCCC2)[nH]1.CC(=O)c1cnc(C(=O)Cc2ccc(CCC(=O)O)cc2C2=CCCCC2)[nH]1.Cc1cnc(C(=O)Cc2ccc(C(CO)CO)cc2C2=CCCCC2)[nH]1.Cc1cnc(C(=O)Cc2ccc(CCC(=O)O)cc2C2=CCCCC2)[nH]1.Cc1cnc(C(=O)Cc2ccc(CCC(N)=O)cc2C2=CCC(C)(C)CC2)[nH]1. The number of imidazole rings is 5. The first-order valence-electron chi connectivity index (χ1n) is 47.0. The number of carbonyl (C=O) groups is 10. The Bertz CT molecular complexity index is 6160. The van der Waals surface area contributed by atoms with Gasteiger partial charge in [-0.3, -0.25) is 47.9 Å². The molecule has 0 saturated heterocycles. The number of aromatic amines is 5. The molecule has 706 valence electrons. The predicted molar refractivity (Wildman–Crippen MR) is 523 cm³/mol. The summed E-state index contributed by atoms with van der Waals surface area (Å²) < 4.78 is 0. The lowest BCUT2D eigenvalue weighted by molar-refractivity contribution is -0.138. The number of carbonyl (C=O) groups excluding carboxylic acids is 8. The number of hydrogen-bond acceptors (Lipinski definition) is 17. The van der Waals surface area contributed by atoms with Gasteiger partial charge in [-0.05, 0) is 285 Å². The number of benzene rings is 5. The van der Waals surface area contributed by atoms with Crippen molar-refractivity contribution < 1.29 is 68.4 Å². The maximum absolute atomic E-state index is 12.7. The molecule has 0 spiro atoms. The molecule has 0 aliphatic heterocycles. The van der Waals surface area contributed by atoms with Gasteiger partial charge in [0.25, 0.3) is 0 Å². The van der Waals surface area contributed by atoms with Crippen LogP contribution >= 0.6 is 0 Å².